The second-order valence-corrected chi connectivity index (χ2v) is 7.11. The molecular formula is C17H13BrF2N4OS. The summed E-state index contributed by atoms with van der Waals surface area (Å²) in [6.07, 6.45) is 0. The van der Waals surface area contributed by atoms with Crippen LogP contribution in [0.4, 0.5) is 14.5 Å². The van der Waals surface area contributed by atoms with E-state index in [4.69, 9.17) is 0 Å². The van der Waals surface area contributed by atoms with Crippen molar-refractivity contribution in [2.24, 2.45) is 7.05 Å². The molecule has 26 heavy (non-hydrogen) atoms. The highest BCUT2D eigenvalue weighted by Crippen LogP contribution is 2.27. The van der Waals surface area contributed by atoms with Crippen molar-refractivity contribution < 1.29 is 13.6 Å². The number of carbonyl (C=O) groups excluding carboxylic acids is 1. The molecule has 1 aromatic heterocycles. The number of aromatic nitrogens is 3. The van der Waals surface area contributed by atoms with E-state index in [1.165, 1.54) is 11.8 Å². The Morgan fingerprint density at radius 3 is 2.65 bits per heavy atom. The number of nitrogens with zero attached hydrogens (tertiary/aromatic N) is 3. The number of halogens is 3. The fourth-order valence-corrected chi connectivity index (χ4v) is 3.46. The molecule has 3 aromatic rings. The van der Waals surface area contributed by atoms with Gasteiger partial charge in [0.25, 0.3) is 0 Å². The molecule has 0 aliphatic rings. The minimum absolute atomic E-state index is 0.00399. The van der Waals surface area contributed by atoms with E-state index in [1.54, 1.807) is 11.6 Å². The van der Waals surface area contributed by atoms with Crippen molar-refractivity contribution in [3.63, 3.8) is 0 Å². The zero-order valence-corrected chi connectivity index (χ0v) is 15.9. The van der Waals surface area contributed by atoms with Crippen LogP contribution in [0.25, 0.3) is 11.4 Å². The molecule has 0 aliphatic heterocycles. The molecule has 5 nitrogen and oxygen atoms in total. The summed E-state index contributed by atoms with van der Waals surface area (Å²) >= 11 is 4.21. The number of amides is 1. The normalized spacial score (nSPS) is 10.8. The molecule has 0 spiro atoms. The molecule has 0 unspecified atom stereocenters. The lowest BCUT2D eigenvalue weighted by Crippen LogP contribution is -2.16. The molecule has 0 saturated heterocycles. The summed E-state index contributed by atoms with van der Waals surface area (Å²) < 4.78 is 28.8. The Labute approximate surface area is 161 Å². The number of rotatable bonds is 5. The summed E-state index contributed by atoms with van der Waals surface area (Å²) in [6.45, 7) is 0. The maximum absolute atomic E-state index is 13.8. The monoisotopic (exact) mass is 438 g/mol. The van der Waals surface area contributed by atoms with Gasteiger partial charge >= 0.3 is 0 Å². The average molecular weight is 439 g/mol. The zero-order valence-electron chi connectivity index (χ0n) is 13.5. The smallest absolute Gasteiger partial charge is 0.234 e. The Balaban J connectivity index is 1.67. The Morgan fingerprint density at radius 1 is 1.23 bits per heavy atom. The lowest BCUT2D eigenvalue weighted by atomic mass is 10.2. The number of thioether (sulfide) groups is 1. The van der Waals surface area contributed by atoms with Crippen LogP contribution < -0.4 is 5.32 Å². The number of hydrogen-bond donors (Lipinski definition) is 1. The van der Waals surface area contributed by atoms with Crippen molar-refractivity contribution in [2.45, 2.75) is 5.16 Å². The average Bonchev–Trinajstić information content (AvgIpc) is 2.98. The molecule has 0 radical (unpaired) electrons. The largest absolute Gasteiger partial charge is 0.322 e. The van der Waals surface area contributed by atoms with Crippen LogP contribution in [-0.2, 0) is 11.8 Å². The van der Waals surface area contributed by atoms with E-state index in [-0.39, 0.29) is 15.9 Å². The van der Waals surface area contributed by atoms with E-state index in [1.807, 2.05) is 30.3 Å². The number of hydrogen-bond acceptors (Lipinski definition) is 4. The number of benzene rings is 2. The van der Waals surface area contributed by atoms with Crippen LogP contribution in [0.5, 0.6) is 0 Å². The van der Waals surface area contributed by atoms with Gasteiger partial charge in [0.05, 0.1) is 11.4 Å². The topological polar surface area (TPSA) is 59.8 Å². The van der Waals surface area contributed by atoms with Crippen molar-refractivity contribution in [1.29, 1.82) is 0 Å². The van der Waals surface area contributed by atoms with Crippen molar-refractivity contribution in [3.8, 4) is 11.4 Å². The third-order valence-corrected chi connectivity index (χ3v) is 5.12. The van der Waals surface area contributed by atoms with Crippen molar-refractivity contribution in [1.82, 2.24) is 14.8 Å². The van der Waals surface area contributed by atoms with Gasteiger partial charge in [-0.1, -0.05) is 42.1 Å². The van der Waals surface area contributed by atoms with Gasteiger partial charge in [-0.25, -0.2) is 8.78 Å². The molecule has 2 aromatic carbocycles. The van der Waals surface area contributed by atoms with Crippen LogP contribution in [0.3, 0.4) is 0 Å². The first kappa shape index (κ1) is 18.5. The summed E-state index contributed by atoms with van der Waals surface area (Å²) in [5.41, 5.74) is 0.816. The second-order valence-electron chi connectivity index (χ2n) is 5.31. The highest BCUT2D eigenvalue weighted by molar-refractivity contribution is 9.10. The quantitative estimate of drug-likeness (QED) is 0.604. The van der Waals surface area contributed by atoms with Gasteiger partial charge in [-0.15, -0.1) is 10.2 Å². The van der Waals surface area contributed by atoms with Gasteiger partial charge in [0, 0.05) is 23.2 Å². The molecule has 0 bridgehead atoms. The molecule has 3 rings (SSSR count). The van der Waals surface area contributed by atoms with E-state index in [0.29, 0.717) is 17.0 Å². The molecule has 0 aliphatic carbocycles. The van der Waals surface area contributed by atoms with Gasteiger partial charge in [-0.05, 0) is 22.0 Å². The molecule has 1 heterocycles. The fraction of sp³-hybridized carbons (Fsp3) is 0.118. The third-order valence-electron chi connectivity index (χ3n) is 3.47. The van der Waals surface area contributed by atoms with Gasteiger partial charge in [-0.3, -0.25) is 4.79 Å². The molecule has 9 heteroatoms. The predicted octanol–water partition coefficient (Wildman–Crippen LogP) is 4.25. The highest BCUT2D eigenvalue weighted by Gasteiger charge is 2.15. The summed E-state index contributed by atoms with van der Waals surface area (Å²) in [5.74, 6) is -1.33. The summed E-state index contributed by atoms with van der Waals surface area (Å²) in [7, 11) is 1.80. The van der Waals surface area contributed by atoms with Gasteiger partial charge in [-0.2, -0.15) is 0 Å². The van der Waals surface area contributed by atoms with Crippen molar-refractivity contribution in [2.75, 3.05) is 11.1 Å². The van der Waals surface area contributed by atoms with E-state index in [0.717, 1.165) is 11.6 Å². The molecule has 0 saturated carbocycles. The van der Waals surface area contributed by atoms with Gasteiger partial charge in [0.1, 0.15) is 5.82 Å². The summed E-state index contributed by atoms with van der Waals surface area (Å²) in [4.78, 5) is 12.1. The zero-order chi connectivity index (χ0) is 18.7. The standard InChI is InChI=1S/C17H13BrF2N4OS/c1-24-16(10-5-3-2-4-6-10)22-23-17(24)26-9-14(25)21-15-12(18)7-11(19)8-13(15)20/h2-8H,9H2,1H3,(H,21,25). The third kappa shape index (κ3) is 4.10. The molecule has 134 valence electrons. The first-order valence-electron chi connectivity index (χ1n) is 7.47. The minimum Gasteiger partial charge on any atom is -0.322 e. The second kappa shape index (κ2) is 7.96. The predicted molar refractivity (Wildman–Crippen MR) is 99.9 cm³/mol. The van der Waals surface area contributed by atoms with Crippen LogP contribution in [0.15, 0.2) is 52.1 Å². The Bertz CT molecular complexity index is 926. The van der Waals surface area contributed by atoms with E-state index >= 15 is 0 Å². The van der Waals surface area contributed by atoms with Crippen LogP contribution >= 0.6 is 27.7 Å². The van der Waals surface area contributed by atoms with E-state index < -0.39 is 17.5 Å². The van der Waals surface area contributed by atoms with E-state index in [2.05, 4.69) is 31.4 Å². The van der Waals surface area contributed by atoms with Crippen LogP contribution in [0.1, 0.15) is 0 Å². The van der Waals surface area contributed by atoms with Gasteiger partial charge in [0.2, 0.25) is 5.91 Å². The molecule has 1 N–H and O–H groups in total. The van der Waals surface area contributed by atoms with Gasteiger partial charge < -0.3 is 9.88 Å². The maximum atomic E-state index is 13.8. The Morgan fingerprint density at radius 2 is 1.96 bits per heavy atom. The van der Waals surface area contributed by atoms with Crippen molar-refractivity contribution >= 4 is 39.3 Å². The summed E-state index contributed by atoms with van der Waals surface area (Å²) in [5, 5.41) is 11.2. The number of anilines is 1. The molecule has 0 fully saturated rings. The number of nitrogens with one attached hydrogen (secondary N) is 1. The Kier molecular flexibility index (Phi) is 5.67. The number of carbonyl (C=O) groups is 1. The van der Waals surface area contributed by atoms with Crippen LogP contribution in [0, 0.1) is 11.6 Å². The minimum atomic E-state index is -0.847. The molecular weight excluding hydrogens is 426 g/mol. The molecule has 0 atom stereocenters. The van der Waals surface area contributed by atoms with E-state index in [9.17, 15) is 13.6 Å². The van der Waals surface area contributed by atoms with Crippen LogP contribution in [-0.4, -0.2) is 26.4 Å². The maximum Gasteiger partial charge on any atom is 0.234 e. The van der Waals surface area contributed by atoms with Crippen molar-refractivity contribution in [3.05, 3.63) is 58.6 Å². The van der Waals surface area contributed by atoms with Gasteiger partial charge in [0.15, 0.2) is 16.8 Å². The summed E-state index contributed by atoms with van der Waals surface area (Å²) in [6, 6.07) is 11.3. The highest BCUT2D eigenvalue weighted by atomic mass is 79.9. The first-order valence-corrected chi connectivity index (χ1v) is 9.25. The SMILES string of the molecule is Cn1c(SCC(=O)Nc2c(F)cc(F)cc2Br)nnc1-c1ccccc1. The lowest BCUT2D eigenvalue weighted by molar-refractivity contribution is -0.113. The van der Waals surface area contributed by atoms with Crippen LogP contribution in [0.2, 0.25) is 0 Å². The Hall–Kier alpha value is -2.26. The first-order chi connectivity index (χ1) is 12.5. The fourth-order valence-electron chi connectivity index (χ4n) is 2.25. The molecule has 1 amide bonds. The lowest BCUT2D eigenvalue weighted by Gasteiger charge is -2.09.